The number of ether oxygens (including phenoxy) is 1. The minimum atomic E-state index is -0.398. The van der Waals surface area contributed by atoms with E-state index in [4.69, 9.17) is 4.74 Å². The number of rotatable bonds is 5. The van der Waals surface area contributed by atoms with Crippen molar-refractivity contribution in [1.29, 1.82) is 0 Å². The van der Waals surface area contributed by atoms with Crippen molar-refractivity contribution >= 4 is 12.0 Å². The molecule has 0 aromatic heterocycles. The second-order valence-electron chi connectivity index (χ2n) is 4.49. The Hall–Kier alpha value is -2.75. The molecular weight excluding hydrogens is 268 g/mol. The number of esters is 1. The molecule has 0 spiro atoms. The SMILES string of the molecule is O=C(CCc1cccc(O)c1O)OC=Cc1ccccc1. The van der Waals surface area contributed by atoms with Crippen LogP contribution in [-0.4, -0.2) is 16.2 Å². The van der Waals surface area contributed by atoms with Gasteiger partial charge in [0.1, 0.15) is 0 Å². The van der Waals surface area contributed by atoms with Gasteiger partial charge in [-0.15, -0.1) is 0 Å². The molecule has 0 heterocycles. The van der Waals surface area contributed by atoms with Crippen LogP contribution in [0.4, 0.5) is 0 Å². The molecule has 0 saturated heterocycles. The van der Waals surface area contributed by atoms with Crippen LogP contribution in [0, 0.1) is 0 Å². The Kier molecular flexibility index (Phi) is 4.99. The minimum Gasteiger partial charge on any atom is -0.504 e. The topological polar surface area (TPSA) is 66.8 Å². The fourth-order valence-corrected chi connectivity index (χ4v) is 1.83. The average molecular weight is 284 g/mol. The third-order valence-corrected chi connectivity index (χ3v) is 2.96. The van der Waals surface area contributed by atoms with Gasteiger partial charge in [0.25, 0.3) is 0 Å². The first-order chi connectivity index (χ1) is 10.2. The molecule has 0 aliphatic carbocycles. The summed E-state index contributed by atoms with van der Waals surface area (Å²) in [6.45, 7) is 0. The van der Waals surface area contributed by atoms with Gasteiger partial charge in [0.15, 0.2) is 11.5 Å². The predicted octanol–water partition coefficient (Wildman–Crippen LogP) is 3.24. The first-order valence-corrected chi connectivity index (χ1v) is 6.57. The fraction of sp³-hybridized carbons (Fsp3) is 0.118. The lowest BCUT2D eigenvalue weighted by Gasteiger charge is -2.05. The molecule has 0 radical (unpaired) electrons. The van der Waals surface area contributed by atoms with Gasteiger partial charge in [-0.05, 0) is 29.7 Å². The van der Waals surface area contributed by atoms with Gasteiger partial charge in [0, 0.05) is 0 Å². The van der Waals surface area contributed by atoms with Crippen LogP contribution >= 0.6 is 0 Å². The smallest absolute Gasteiger partial charge is 0.310 e. The third-order valence-electron chi connectivity index (χ3n) is 2.96. The van der Waals surface area contributed by atoms with E-state index < -0.39 is 5.97 Å². The first-order valence-electron chi connectivity index (χ1n) is 6.57. The lowest BCUT2D eigenvalue weighted by atomic mass is 10.1. The molecule has 0 aliphatic rings. The highest BCUT2D eigenvalue weighted by atomic mass is 16.5. The van der Waals surface area contributed by atoms with Crippen molar-refractivity contribution in [1.82, 2.24) is 0 Å². The van der Waals surface area contributed by atoms with Crippen molar-refractivity contribution in [2.45, 2.75) is 12.8 Å². The van der Waals surface area contributed by atoms with Gasteiger partial charge in [-0.2, -0.15) is 0 Å². The van der Waals surface area contributed by atoms with E-state index in [-0.39, 0.29) is 17.9 Å². The van der Waals surface area contributed by atoms with E-state index in [0.29, 0.717) is 12.0 Å². The molecular formula is C17H16O4. The molecule has 2 rings (SSSR count). The van der Waals surface area contributed by atoms with Gasteiger partial charge in [-0.25, -0.2) is 0 Å². The summed E-state index contributed by atoms with van der Waals surface area (Å²) in [7, 11) is 0. The Morgan fingerprint density at radius 3 is 2.57 bits per heavy atom. The predicted molar refractivity (Wildman–Crippen MR) is 79.7 cm³/mol. The van der Waals surface area contributed by atoms with Crippen molar-refractivity contribution < 1.29 is 19.7 Å². The standard InChI is InChI=1S/C17H16O4/c18-15-8-4-7-14(17(15)20)9-10-16(19)21-12-11-13-5-2-1-3-6-13/h1-8,11-12,18,20H,9-10H2. The third kappa shape index (κ3) is 4.38. The summed E-state index contributed by atoms with van der Waals surface area (Å²) in [5.74, 6) is -0.778. The molecule has 0 amide bonds. The van der Waals surface area contributed by atoms with Crippen molar-refractivity contribution in [3.05, 3.63) is 65.9 Å². The van der Waals surface area contributed by atoms with Crippen LogP contribution in [0.2, 0.25) is 0 Å². The number of aromatic hydroxyl groups is 2. The molecule has 2 aromatic carbocycles. The lowest BCUT2D eigenvalue weighted by molar-refractivity contribution is -0.137. The molecule has 0 fully saturated rings. The summed E-state index contributed by atoms with van der Waals surface area (Å²) in [5.41, 5.74) is 1.45. The van der Waals surface area contributed by atoms with E-state index >= 15 is 0 Å². The van der Waals surface area contributed by atoms with Crippen molar-refractivity contribution in [2.75, 3.05) is 0 Å². The zero-order chi connectivity index (χ0) is 15.1. The van der Waals surface area contributed by atoms with Gasteiger partial charge in [-0.3, -0.25) is 4.79 Å². The lowest BCUT2D eigenvalue weighted by Crippen LogP contribution is -2.01. The van der Waals surface area contributed by atoms with Crippen LogP contribution in [-0.2, 0) is 16.0 Å². The molecule has 0 aliphatic heterocycles. The number of para-hydroxylation sites is 1. The summed E-state index contributed by atoms with van der Waals surface area (Å²) in [4.78, 5) is 11.6. The highest BCUT2D eigenvalue weighted by Crippen LogP contribution is 2.28. The molecule has 0 atom stereocenters. The molecule has 108 valence electrons. The summed E-state index contributed by atoms with van der Waals surface area (Å²) in [5, 5.41) is 19.0. The van der Waals surface area contributed by atoms with Crippen LogP contribution in [0.5, 0.6) is 11.5 Å². The highest BCUT2D eigenvalue weighted by Gasteiger charge is 2.08. The first kappa shape index (κ1) is 14.7. The molecule has 0 bridgehead atoms. The van der Waals surface area contributed by atoms with Crippen LogP contribution in [0.15, 0.2) is 54.8 Å². The molecule has 0 unspecified atom stereocenters. The number of hydrogen-bond acceptors (Lipinski definition) is 4. The van der Waals surface area contributed by atoms with E-state index in [1.807, 2.05) is 30.3 Å². The number of hydrogen-bond donors (Lipinski definition) is 2. The largest absolute Gasteiger partial charge is 0.504 e. The van der Waals surface area contributed by atoms with Crippen molar-refractivity contribution in [2.24, 2.45) is 0 Å². The van der Waals surface area contributed by atoms with Gasteiger partial charge in [0.05, 0.1) is 12.7 Å². The van der Waals surface area contributed by atoms with Crippen molar-refractivity contribution in [3.63, 3.8) is 0 Å². The van der Waals surface area contributed by atoms with Gasteiger partial charge < -0.3 is 14.9 Å². The molecule has 2 N–H and O–H groups in total. The molecule has 0 saturated carbocycles. The summed E-state index contributed by atoms with van der Waals surface area (Å²) in [6, 6.07) is 14.2. The van der Waals surface area contributed by atoms with Gasteiger partial charge >= 0.3 is 5.97 Å². The Bertz CT molecular complexity index is 632. The molecule has 21 heavy (non-hydrogen) atoms. The number of benzene rings is 2. The number of phenolic OH excluding ortho intramolecular Hbond substituents is 2. The van der Waals surface area contributed by atoms with Crippen LogP contribution in [0.25, 0.3) is 6.08 Å². The second kappa shape index (κ2) is 7.14. The van der Waals surface area contributed by atoms with E-state index in [9.17, 15) is 15.0 Å². The zero-order valence-electron chi connectivity index (χ0n) is 11.4. The fourth-order valence-electron chi connectivity index (χ4n) is 1.83. The van der Waals surface area contributed by atoms with Gasteiger partial charge in [-0.1, -0.05) is 42.5 Å². The Morgan fingerprint density at radius 1 is 1.05 bits per heavy atom. The number of carbonyl (C=O) groups excluding carboxylic acids is 1. The Balaban J connectivity index is 1.83. The van der Waals surface area contributed by atoms with Crippen LogP contribution in [0.1, 0.15) is 17.5 Å². The van der Waals surface area contributed by atoms with E-state index in [1.54, 1.807) is 18.2 Å². The van der Waals surface area contributed by atoms with Crippen LogP contribution in [0.3, 0.4) is 0 Å². The Labute approximate surface area is 122 Å². The molecule has 2 aromatic rings. The monoisotopic (exact) mass is 284 g/mol. The maximum Gasteiger partial charge on any atom is 0.310 e. The normalized spacial score (nSPS) is 10.7. The number of aryl methyl sites for hydroxylation is 1. The minimum absolute atomic E-state index is 0.121. The summed E-state index contributed by atoms with van der Waals surface area (Å²) >= 11 is 0. The maximum absolute atomic E-state index is 11.6. The summed E-state index contributed by atoms with van der Waals surface area (Å²) < 4.78 is 4.97. The highest BCUT2D eigenvalue weighted by molar-refractivity contribution is 5.71. The quantitative estimate of drug-likeness (QED) is 0.502. The number of phenols is 2. The maximum atomic E-state index is 11.6. The summed E-state index contributed by atoms with van der Waals surface area (Å²) in [6.07, 6.45) is 3.47. The number of carbonyl (C=O) groups is 1. The zero-order valence-corrected chi connectivity index (χ0v) is 11.4. The van der Waals surface area contributed by atoms with Crippen LogP contribution < -0.4 is 0 Å². The van der Waals surface area contributed by atoms with E-state index in [2.05, 4.69) is 0 Å². The van der Waals surface area contributed by atoms with Crippen molar-refractivity contribution in [3.8, 4) is 11.5 Å². The Morgan fingerprint density at radius 2 is 1.81 bits per heavy atom. The molecule has 4 nitrogen and oxygen atoms in total. The molecule has 4 heteroatoms. The van der Waals surface area contributed by atoms with E-state index in [0.717, 1.165) is 5.56 Å². The van der Waals surface area contributed by atoms with E-state index in [1.165, 1.54) is 12.3 Å². The average Bonchev–Trinajstić information content (AvgIpc) is 2.50. The second-order valence-corrected chi connectivity index (χ2v) is 4.49. The van der Waals surface area contributed by atoms with Gasteiger partial charge in [0.2, 0.25) is 0 Å².